The van der Waals surface area contributed by atoms with Crippen molar-refractivity contribution >= 4 is 45.1 Å². The van der Waals surface area contributed by atoms with E-state index in [9.17, 15) is 28.7 Å². The number of fused-ring (bicyclic) bond motifs is 1. The summed E-state index contributed by atoms with van der Waals surface area (Å²) in [5.41, 5.74) is 8.92. The lowest BCUT2D eigenvalue weighted by Crippen LogP contribution is -2.58. The van der Waals surface area contributed by atoms with Crippen molar-refractivity contribution in [1.29, 1.82) is 0 Å². The van der Waals surface area contributed by atoms with E-state index in [0.29, 0.717) is 11.3 Å². The summed E-state index contributed by atoms with van der Waals surface area (Å²) in [6.07, 6.45) is 3.08. The molecule has 0 saturated carbocycles. The molecule has 0 saturated heterocycles. The number of hydrogen-bond acceptors (Lipinski definition) is 7. The van der Waals surface area contributed by atoms with Crippen LogP contribution in [-0.4, -0.2) is 62.9 Å². The highest BCUT2D eigenvalue weighted by atomic mass is 32.1. The normalized spacial score (nSPS) is 13.6. The second kappa shape index (κ2) is 15.9. The molecule has 0 aliphatic carbocycles. The van der Waals surface area contributed by atoms with Gasteiger partial charge >= 0.3 is 5.97 Å². The quantitative estimate of drug-likeness (QED) is 0.0991. The van der Waals surface area contributed by atoms with E-state index in [1.54, 1.807) is 24.3 Å². The van der Waals surface area contributed by atoms with E-state index in [1.807, 2.05) is 35.7 Å². The largest absolute Gasteiger partial charge is 0.480 e. The minimum absolute atomic E-state index is 0.0526. The van der Waals surface area contributed by atoms with Crippen molar-refractivity contribution in [2.24, 2.45) is 5.73 Å². The summed E-state index contributed by atoms with van der Waals surface area (Å²) in [7, 11) is 0. The van der Waals surface area contributed by atoms with Crippen LogP contribution < -0.4 is 21.7 Å². The van der Waals surface area contributed by atoms with Gasteiger partial charge in [-0.15, -0.1) is 11.3 Å². The molecule has 7 N–H and O–H groups in total. The average molecular weight is 671 g/mol. The molecule has 0 aliphatic heterocycles. The Morgan fingerprint density at radius 3 is 2.08 bits per heavy atom. The van der Waals surface area contributed by atoms with Crippen LogP contribution >= 0.6 is 11.3 Å². The number of halogens is 1. The fourth-order valence-electron chi connectivity index (χ4n) is 5.29. The van der Waals surface area contributed by atoms with Gasteiger partial charge in [0.05, 0.1) is 12.4 Å². The number of carboxylic acid groups (broad SMARTS) is 1. The second-order valence-corrected chi connectivity index (χ2v) is 12.3. The smallest absolute Gasteiger partial charge is 0.326 e. The molecule has 0 aliphatic rings. The average Bonchev–Trinajstić information content (AvgIpc) is 3.75. The molecule has 2 heterocycles. The molecule has 248 valence electrons. The molecule has 0 unspecified atom stereocenters. The zero-order valence-corrected chi connectivity index (χ0v) is 26.6. The van der Waals surface area contributed by atoms with E-state index in [4.69, 9.17) is 5.73 Å². The molecule has 0 bridgehead atoms. The third-order valence-electron chi connectivity index (χ3n) is 7.83. The number of carbonyl (C=O) groups excluding carboxylic acids is 3. The highest BCUT2D eigenvalue weighted by Gasteiger charge is 2.31. The predicted octanol–water partition coefficient (Wildman–Crippen LogP) is 2.90. The van der Waals surface area contributed by atoms with Gasteiger partial charge in [0, 0.05) is 35.9 Å². The van der Waals surface area contributed by atoms with Gasteiger partial charge in [-0.2, -0.15) is 0 Å². The zero-order valence-electron chi connectivity index (χ0n) is 25.8. The summed E-state index contributed by atoms with van der Waals surface area (Å²) >= 11 is 1.50. The molecule has 13 heteroatoms. The second-order valence-electron chi connectivity index (χ2n) is 11.4. The number of carbonyl (C=O) groups is 4. The minimum Gasteiger partial charge on any atom is -0.480 e. The number of aromatic amines is 1. The van der Waals surface area contributed by atoms with E-state index in [2.05, 4.69) is 25.9 Å². The van der Waals surface area contributed by atoms with Gasteiger partial charge in [0.2, 0.25) is 17.7 Å². The number of thiophene rings is 1. The van der Waals surface area contributed by atoms with Crippen LogP contribution in [0.25, 0.3) is 10.1 Å². The minimum atomic E-state index is -1.30. The van der Waals surface area contributed by atoms with Crippen molar-refractivity contribution < 1.29 is 28.7 Å². The zero-order chi connectivity index (χ0) is 34.0. The molecule has 0 fully saturated rings. The molecular formula is C35H35FN6O5S. The monoisotopic (exact) mass is 670 g/mol. The van der Waals surface area contributed by atoms with Crippen LogP contribution in [0.5, 0.6) is 0 Å². The fraction of sp³-hybridized carbons (Fsp3) is 0.229. The van der Waals surface area contributed by atoms with E-state index in [-0.39, 0.29) is 25.7 Å². The number of nitrogens with two attached hydrogens (primary N) is 1. The molecule has 3 aromatic carbocycles. The highest BCUT2D eigenvalue weighted by Crippen LogP contribution is 2.26. The Morgan fingerprint density at radius 1 is 0.771 bits per heavy atom. The summed E-state index contributed by atoms with van der Waals surface area (Å²) in [6.45, 7) is 0. The molecular weight excluding hydrogens is 635 g/mol. The van der Waals surface area contributed by atoms with Crippen molar-refractivity contribution in [2.45, 2.75) is 49.9 Å². The Hall–Kier alpha value is -5.40. The number of nitrogens with zero attached hydrogens (tertiary/aromatic N) is 1. The summed E-state index contributed by atoms with van der Waals surface area (Å²) < 4.78 is 14.4. The van der Waals surface area contributed by atoms with Crippen molar-refractivity contribution in [3.8, 4) is 0 Å². The van der Waals surface area contributed by atoms with Gasteiger partial charge in [-0.05, 0) is 52.1 Å². The summed E-state index contributed by atoms with van der Waals surface area (Å²) in [5, 5.41) is 20.8. The Bertz CT molecular complexity index is 1850. The van der Waals surface area contributed by atoms with E-state index in [1.165, 1.54) is 48.1 Å². The lowest BCUT2D eigenvalue weighted by atomic mass is 10.0. The summed E-state index contributed by atoms with van der Waals surface area (Å²) in [5.74, 6) is -3.63. The number of carboxylic acids is 1. The van der Waals surface area contributed by atoms with Crippen LogP contribution in [0.2, 0.25) is 0 Å². The van der Waals surface area contributed by atoms with Gasteiger partial charge in [0.25, 0.3) is 0 Å². The first-order chi connectivity index (χ1) is 23.2. The Labute approximate surface area is 279 Å². The lowest BCUT2D eigenvalue weighted by molar-refractivity contribution is -0.142. The van der Waals surface area contributed by atoms with Crippen molar-refractivity contribution in [1.82, 2.24) is 25.9 Å². The maximum Gasteiger partial charge on any atom is 0.326 e. The Balaban J connectivity index is 1.38. The fourth-order valence-corrected chi connectivity index (χ4v) is 6.26. The Morgan fingerprint density at radius 2 is 1.40 bits per heavy atom. The van der Waals surface area contributed by atoms with Gasteiger partial charge in [-0.3, -0.25) is 14.4 Å². The number of H-pyrrole nitrogens is 1. The molecule has 0 radical (unpaired) electrons. The maximum atomic E-state index is 14.0. The SMILES string of the molecule is N[C@@H](Cc1ccc(F)cc1)C(=O)N[C@@H](Cc1csc2ccccc12)C(=O)N[C@H](Cc1ccccc1)C(=O)N[C@@H](Cc1cnc[nH]1)C(=O)O. The molecule has 11 nitrogen and oxygen atoms in total. The highest BCUT2D eigenvalue weighted by molar-refractivity contribution is 7.17. The molecule has 5 aromatic rings. The third kappa shape index (κ3) is 9.11. The number of nitrogens with one attached hydrogen (secondary N) is 4. The number of hydrogen-bond donors (Lipinski definition) is 6. The van der Waals surface area contributed by atoms with E-state index < -0.39 is 53.7 Å². The number of amides is 3. The first-order valence-electron chi connectivity index (χ1n) is 15.3. The van der Waals surface area contributed by atoms with E-state index >= 15 is 0 Å². The van der Waals surface area contributed by atoms with Crippen LogP contribution in [0.4, 0.5) is 4.39 Å². The van der Waals surface area contributed by atoms with Crippen LogP contribution in [0.3, 0.4) is 0 Å². The number of benzene rings is 3. The molecule has 3 amide bonds. The number of imidazole rings is 1. The number of rotatable bonds is 15. The van der Waals surface area contributed by atoms with Crippen LogP contribution in [-0.2, 0) is 44.9 Å². The summed E-state index contributed by atoms with van der Waals surface area (Å²) in [6, 6.07) is 17.6. The predicted molar refractivity (Wildman–Crippen MR) is 179 cm³/mol. The maximum absolute atomic E-state index is 14.0. The van der Waals surface area contributed by atoms with Crippen LogP contribution in [0.15, 0.2) is 96.8 Å². The van der Waals surface area contributed by atoms with Gasteiger partial charge in [0.1, 0.15) is 23.9 Å². The molecule has 2 aromatic heterocycles. The van der Waals surface area contributed by atoms with Gasteiger partial charge in [0.15, 0.2) is 0 Å². The van der Waals surface area contributed by atoms with E-state index in [0.717, 1.165) is 21.2 Å². The first-order valence-corrected chi connectivity index (χ1v) is 16.1. The van der Waals surface area contributed by atoms with Crippen molar-refractivity contribution in [3.05, 3.63) is 125 Å². The summed E-state index contributed by atoms with van der Waals surface area (Å²) in [4.78, 5) is 59.8. The standard InChI is InChI=1S/C35H35FN6O5S/c36-24-12-10-22(11-13-24)14-27(37)32(43)40-29(16-23-19-48-31-9-5-4-8-26(23)31)34(45)41-28(15-21-6-2-1-3-7-21)33(44)42-30(35(46)47)17-25-18-38-20-39-25/h1-13,18-20,27-30H,14-17,37H2,(H,38,39)(H,40,43)(H,41,45)(H,42,44)(H,46,47)/t27-,28+,29-,30-/m0/s1. The van der Waals surface area contributed by atoms with Crippen LogP contribution in [0, 0.1) is 5.82 Å². The first kappa shape index (κ1) is 33.9. The third-order valence-corrected chi connectivity index (χ3v) is 8.85. The lowest BCUT2D eigenvalue weighted by Gasteiger charge is -2.25. The van der Waals surface area contributed by atoms with Crippen LogP contribution in [0.1, 0.15) is 22.4 Å². The molecule has 4 atom stereocenters. The molecule has 48 heavy (non-hydrogen) atoms. The topological polar surface area (TPSA) is 179 Å². The van der Waals surface area contributed by atoms with Crippen molar-refractivity contribution in [3.63, 3.8) is 0 Å². The van der Waals surface area contributed by atoms with Crippen molar-refractivity contribution in [2.75, 3.05) is 0 Å². The van der Waals surface area contributed by atoms with Gasteiger partial charge < -0.3 is 31.8 Å². The molecule has 0 spiro atoms. The molecule has 5 rings (SSSR count). The number of aliphatic carboxylic acids is 1. The number of aromatic nitrogens is 2. The van der Waals surface area contributed by atoms with Gasteiger partial charge in [-0.1, -0.05) is 60.7 Å². The Kier molecular flexibility index (Phi) is 11.3. The van der Waals surface area contributed by atoms with Gasteiger partial charge in [-0.25, -0.2) is 14.2 Å².